The number of halogens is 3. The minimum Gasteiger partial charge on any atom is -0.484 e. The van der Waals surface area contributed by atoms with E-state index in [4.69, 9.17) is 4.74 Å². The Morgan fingerprint density at radius 3 is 2.60 bits per heavy atom. The fraction of sp³-hybridized carbons (Fsp3) is 0.278. The highest BCUT2D eigenvalue weighted by atomic mass is 19.4. The average molecular weight is 352 g/mol. The molecule has 0 spiro atoms. The van der Waals surface area contributed by atoms with Crippen LogP contribution in [0.25, 0.3) is 0 Å². The molecule has 0 radical (unpaired) electrons. The molecule has 4 nitrogen and oxygen atoms in total. The molecule has 25 heavy (non-hydrogen) atoms. The third-order valence-electron chi connectivity index (χ3n) is 3.39. The first-order valence-electron chi connectivity index (χ1n) is 7.78. The number of para-hydroxylation sites is 1. The van der Waals surface area contributed by atoms with Gasteiger partial charge in [0.05, 0.1) is 5.56 Å². The summed E-state index contributed by atoms with van der Waals surface area (Å²) in [4.78, 5) is 12.0. The van der Waals surface area contributed by atoms with Crippen LogP contribution in [0, 0.1) is 0 Å². The molecule has 0 aromatic heterocycles. The van der Waals surface area contributed by atoms with Gasteiger partial charge < -0.3 is 15.4 Å². The van der Waals surface area contributed by atoms with Gasteiger partial charge in [0.15, 0.2) is 6.61 Å². The van der Waals surface area contributed by atoms with Gasteiger partial charge >= 0.3 is 6.18 Å². The summed E-state index contributed by atoms with van der Waals surface area (Å²) in [6, 6.07) is 11.7. The van der Waals surface area contributed by atoms with E-state index >= 15 is 0 Å². The number of carbonyl (C=O) groups excluding carboxylic acids is 1. The molecule has 0 fully saturated rings. The zero-order chi connectivity index (χ0) is 18.3. The maximum atomic E-state index is 12.7. The molecule has 7 heteroatoms. The fourth-order valence-corrected chi connectivity index (χ4v) is 2.15. The summed E-state index contributed by atoms with van der Waals surface area (Å²) in [7, 11) is 0. The Morgan fingerprint density at radius 2 is 1.88 bits per heavy atom. The highest BCUT2D eigenvalue weighted by molar-refractivity contribution is 5.92. The lowest BCUT2D eigenvalue weighted by Crippen LogP contribution is -2.22. The van der Waals surface area contributed by atoms with Gasteiger partial charge in [-0.25, -0.2) is 0 Å². The van der Waals surface area contributed by atoms with E-state index in [9.17, 15) is 18.0 Å². The molecule has 2 N–H and O–H groups in total. The lowest BCUT2D eigenvalue weighted by Gasteiger charge is -2.13. The number of hydrogen-bond donors (Lipinski definition) is 2. The topological polar surface area (TPSA) is 50.4 Å². The molecule has 0 unspecified atom stereocenters. The van der Waals surface area contributed by atoms with Crippen molar-refractivity contribution in [1.29, 1.82) is 0 Å². The smallest absolute Gasteiger partial charge is 0.416 e. The van der Waals surface area contributed by atoms with Crippen LogP contribution in [-0.4, -0.2) is 19.1 Å². The summed E-state index contributed by atoms with van der Waals surface area (Å²) in [5.41, 5.74) is 0.735. The number of hydrogen-bond acceptors (Lipinski definition) is 3. The number of carbonyl (C=O) groups is 1. The van der Waals surface area contributed by atoms with Crippen molar-refractivity contribution in [3.05, 3.63) is 59.7 Å². The molecule has 0 saturated carbocycles. The van der Waals surface area contributed by atoms with Gasteiger partial charge in [-0.3, -0.25) is 4.79 Å². The van der Waals surface area contributed by atoms with Crippen LogP contribution in [0.4, 0.5) is 18.9 Å². The van der Waals surface area contributed by atoms with Gasteiger partial charge in [-0.15, -0.1) is 0 Å². The molecule has 134 valence electrons. The van der Waals surface area contributed by atoms with Crippen LogP contribution in [0.2, 0.25) is 0 Å². The first-order chi connectivity index (χ1) is 11.9. The second-order valence-corrected chi connectivity index (χ2v) is 5.30. The van der Waals surface area contributed by atoms with E-state index in [1.54, 1.807) is 12.1 Å². The van der Waals surface area contributed by atoms with Gasteiger partial charge in [-0.1, -0.05) is 31.2 Å². The van der Waals surface area contributed by atoms with Crippen molar-refractivity contribution in [2.45, 2.75) is 19.6 Å². The second-order valence-electron chi connectivity index (χ2n) is 5.30. The SMILES string of the molecule is CCNCc1ccccc1NC(=O)COc1cccc(C(F)(F)F)c1. The Morgan fingerprint density at radius 1 is 1.12 bits per heavy atom. The molecule has 0 bridgehead atoms. The lowest BCUT2D eigenvalue weighted by atomic mass is 10.1. The maximum Gasteiger partial charge on any atom is 0.416 e. The van der Waals surface area contributed by atoms with Gasteiger partial charge in [-0.05, 0) is 36.4 Å². The number of benzene rings is 2. The average Bonchev–Trinajstić information content (AvgIpc) is 2.59. The van der Waals surface area contributed by atoms with E-state index < -0.39 is 17.6 Å². The van der Waals surface area contributed by atoms with E-state index in [2.05, 4.69) is 10.6 Å². The van der Waals surface area contributed by atoms with Crippen LogP contribution in [0.3, 0.4) is 0 Å². The molecular formula is C18H19F3N2O2. The first-order valence-corrected chi connectivity index (χ1v) is 7.78. The van der Waals surface area contributed by atoms with Crippen molar-refractivity contribution >= 4 is 11.6 Å². The van der Waals surface area contributed by atoms with Gasteiger partial charge in [0, 0.05) is 12.2 Å². The van der Waals surface area contributed by atoms with E-state index in [1.165, 1.54) is 12.1 Å². The summed E-state index contributed by atoms with van der Waals surface area (Å²) in [6.45, 7) is 2.99. The van der Waals surface area contributed by atoms with E-state index in [0.717, 1.165) is 24.2 Å². The first kappa shape index (κ1) is 18.8. The van der Waals surface area contributed by atoms with E-state index in [0.29, 0.717) is 12.2 Å². The van der Waals surface area contributed by atoms with Crippen LogP contribution in [0.5, 0.6) is 5.75 Å². The number of rotatable bonds is 7. The number of alkyl halides is 3. The molecule has 0 saturated heterocycles. The van der Waals surface area contributed by atoms with Crippen molar-refractivity contribution in [2.75, 3.05) is 18.5 Å². The van der Waals surface area contributed by atoms with Crippen LogP contribution in [0.15, 0.2) is 48.5 Å². The van der Waals surface area contributed by atoms with Gasteiger partial charge in [0.2, 0.25) is 0 Å². The van der Waals surface area contributed by atoms with Crippen LogP contribution in [-0.2, 0) is 17.5 Å². The zero-order valence-corrected chi connectivity index (χ0v) is 13.7. The van der Waals surface area contributed by atoms with Gasteiger partial charge in [-0.2, -0.15) is 13.2 Å². The minimum atomic E-state index is -4.45. The molecule has 0 aliphatic rings. The lowest BCUT2D eigenvalue weighted by molar-refractivity contribution is -0.137. The van der Waals surface area contributed by atoms with Crippen LogP contribution >= 0.6 is 0 Å². The highest BCUT2D eigenvalue weighted by Crippen LogP contribution is 2.31. The Kier molecular flexibility index (Phi) is 6.41. The number of amides is 1. The summed E-state index contributed by atoms with van der Waals surface area (Å²) in [6.07, 6.45) is -4.45. The number of anilines is 1. The molecule has 1 amide bonds. The van der Waals surface area contributed by atoms with Gasteiger partial charge in [0.1, 0.15) is 5.75 Å². The third kappa shape index (κ3) is 5.79. The largest absolute Gasteiger partial charge is 0.484 e. The standard InChI is InChI=1S/C18H19F3N2O2/c1-2-22-11-13-6-3-4-9-16(13)23-17(24)12-25-15-8-5-7-14(10-15)18(19,20)21/h3-10,22H,2,11-12H2,1H3,(H,23,24). The molecule has 2 aromatic carbocycles. The van der Waals surface area contributed by atoms with Crippen LogP contribution < -0.4 is 15.4 Å². The number of nitrogens with one attached hydrogen (secondary N) is 2. The second kappa shape index (κ2) is 8.53. The predicted molar refractivity (Wildman–Crippen MR) is 89.4 cm³/mol. The molecule has 2 aromatic rings. The van der Waals surface area contributed by atoms with Crippen LogP contribution in [0.1, 0.15) is 18.1 Å². The molecular weight excluding hydrogens is 333 g/mol. The summed E-state index contributed by atoms with van der Waals surface area (Å²) in [5, 5.41) is 5.88. The number of ether oxygens (including phenoxy) is 1. The predicted octanol–water partition coefficient (Wildman–Crippen LogP) is 3.83. The fourth-order valence-electron chi connectivity index (χ4n) is 2.15. The highest BCUT2D eigenvalue weighted by Gasteiger charge is 2.30. The normalized spacial score (nSPS) is 11.2. The van der Waals surface area contributed by atoms with E-state index in [1.807, 2.05) is 19.1 Å². The van der Waals surface area contributed by atoms with Crippen molar-refractivity contribution in [3.8, 4) is 5.75 Å². The Labute approximate surface area is 144 Å². The maximum absolute atomic E-state index is 12.7. The molecule has 0 heterocycles. The Bertz CT molecular complexity index is 717. The molecule has 0 aliphatic carbocycles. The van der Waals surface area contributed by atoms with Crippen molar-refractivity contribution in [2.24, 2.45) is 0 Å². The monoisotopic (exact) mass is 352 g/mol. The van der Waals surface area contributed by atoms with Gasteiger partial charge in [0.25, 0.3) is 5.91 Å². The van der Waals surface area contributed by atoms with Crippen molar-refractivity contribution in [3.63, 3.8) is 0 Å². The molecule has 0 atom stereocenters. The zero-order valence-electron chi connectivity index (χ0n) is 13.7. The quantitative estimate of drug-likeness (QED) is 0.796. The molecule has 2 rings (SSSR count). The third-order valence-corrected chi connectivity index (χ3v) is 3.39. The molecule has 0 aliphatic heterocycles. The summed E-state index contributed by atoms with van der Waals surface area (Å²) < 4.78 is 43.1. The van der Waals surface area contributed by atoms with Crippen molar-refractivity contribution < 1.29 is 22.7 Å². The Hall–Kier alpha value is -2.54. The Balaban J connectivity index is 1.96. The van der Waals surface area contributed by atoms with Crippen molar-refractivity contribution in [1.82, 2.24) is 5.32 Å². The van der Waals surface area contributed by atoms with E-state index in [-0.39, 0.29) is 12.4 Å². The summed E-state index contributed by atoms with van der Waals surface area (Å²) >= 11 is 0. The summed E-state index contributed by atoms with van der Waals surface area (Å²) in [5.74, 6) is -0.452. The minimum absolute atomic E-state index is 0.00842.